The summed E-state index contributed by atoms with van der Waals surface area (Å²) in [6, 6.07) is 0.0500. The van der Waals surface area contributed by atoms with Crippen molar-refractivity contribution in [2.75, 3.05) is 19.8 Å². The molecule has 0 aromatic carbocycles. The summed E-state index contributed by atoms with van der Waals surface area (Å²) in [5.74, 6) is -1.26. The molecule has 126 valence electrons. The van der Waals surface area contributed by atoms with Crippen molar-refractivity contribution in [2.45, 2.75) is 59.1 Å². The molecule has 0 aromatic heterocycles. The summed E-state index contributed by atoms with van der Waals surface area (Å²) in [6.45, 7) is 15.5. The summed E-state index contributed by atoms with van der Waals surface area (Å²) in [4.78, 5) is 15.1. The van der Waals surface area contributed by atoms with Gasteiger partial charge in [0, 0.05) is 5.41 Å². The summed E-state index contributed by atoms with van der Waals surface area (Å²) in [7, 11) is 0. The fourth-order valence-electron chi connectivity index (χ4n) is 3.24. The van der Waals surface area contributed by atoms with Crippen LogP contribution in [0.25, 0.3) is 0 Å². The van der Waals surface area contributed by atoms with Gasteiger partial charge in [-0.25, -0.2) is 0 Å². The smallest absolute Gasteiger partial charge is 0.233 e. The first-order chi connectivity index (χ1) is 10.2. The van der Waals surface area contributed by atoms with Crippen LogP contribution < -0.4 is 0 Å². The average Bonchev–Trinajstić information content (AvgIpc) is 3.01. The standard InChI is InChI=1S/C17H29NO4/c1-7-8-13(17(6)21-9-10-22-17)14(19)18-12(2)11-20-15(18)16(3,4)5/h7,12-13,15H,1,8-11H2,2-6H3. The van der Waals surface area contributed by atoms with Gasteiger partial charge in [0.2, 0.25) is 5.91 Å². The number of hydrogen-bond acceptors (Lipinski definition) is 4. The van der Waals surface area contributed by atoms with E-state index in [1.54, 1.807) is 6.08 Å². The van der Waals surface area contributed by atoms with Gasteiger partial charge in [0.1, 0.15) is 6.23 Å². The number of allylic oxidation sites excluding steroid dienone is 1. The Hall–Kier alpha value is -0.910. The molecule has 5 heteroatoms. The van der Waals surface area contributed by atoms with E-state index in [0.717, 1.165) is 0 Å². The summed E-state index contributed by atoms with van der Waals surface area (Å²) in [6.07, 6.45) is 2.05. The van der Waals surface area contributed by atoms with Crippen LogP contribution in [0.4, 0.5) is 0 Å². The minimum Gasteiger partial charge on any atom is -0.356 e. The quantitative estimate of drug-likeness (QED) is 0.749. The Labute approximate surface area is 133 Å². The van der Waals surface area contributed by atoms with Gasteiger partial charge in [0.25, 0.3) is 0 Å². The number of rotatable bonds is 4. The van der Waals surface area contributed by atoms with Crippen molar-refractivity contribution in [3.05, 3.63) is 12.7 Å². The zero-order valence-electron chi connectivity index (χ0n) is 14.4. The van der Waals surface area contributed by atoms with E-state index in [1.165, 1.54) is 0 Å². The highest BCUT2D eigenvalue weighted by molar-refractivity contribution is 5.81. The summed E-state index contributed by atoms with van der Waals surface area (Å²) in [5.41, 5.74) is -0.141. The third-order valence-corrected chi connectivity index (χ3v) is 4.41. The highest BCUT2D eigenvalue weighted by Crippen LogP contribution is 2.37. The molecule has 2 aliphatic rings. The Morgan fingerprint density at radius 1 is 1.41 bits per heavy atom. The molecule has 0 spiro atoms. The second-order valence-corrected chi connectivity index (χ2v) is 7.44. The Kier molecular flexibility index (Phi) is 5.00. The van der Waals surface area contributed by atoms with Gasteiger partial charge in [-0.15, -0.1) is 6.58 Å². The predicted molar refractivity (Wildman–Crippen MR) is 84.1 cm³/mol. The first-order valence-electron chi connectivity index (χ1n) is 8.03. The van der Waals surface area contributed by atoms with Gasteiger partial charge in [-0.05, 0) is 20.3 Å². The molecule has 2 heterocycles. The molecule has 2 saturated heterocycles. The van der Waals surface area contributed by atoms with Crippen LogP contribution in [-0.4, -0.2) is 48.7 Å². The van der Waals surface area contributed by atoms with Gasteiger partial charge >= 0.3 is 0 Å². The van der Waals surface area contributed by atoms with E-state index in [4.69, 9.17) is 14.2 Å². The minimum atomic E-state index is -0.879. The van der Waals surface area contributed by atoms with E-state index in [2.05, 4.69) is 27.4 Å². The fourth-order valence-corrected chi connectivity index (χ4v) is 3.24. The number of carbonyl (C=O) groups excluding carboxylic acids is 1. The lowest BCUT2D eigenvalue weighted by Crippen LogP contribution is -2.53. The van der Waals surface area contributed by atoms with Crippen molar-refractivity contribution in [2.24, 2.45) is 11.3 Å². The molecule has 0 bridgehead atoms. The first-order valence-corrected chi connectivity index (χ1v) is 8.03. The van der Waals surface area contributed by atoms with Crippen LogP contribution >= 0.6 is 0 Å². The molecule has 5 nitrogen and oxygen atoms in total. The van der Waals surface area contributed by atoms with E-state index in [-0.39, 0.29) is 23.6 Å². The molecule has 0 aliphatic carbocycles. The van der Waals surface area contributed by atoms with Gasteiger partial charge < -0.3 is 19.1 Å². The van der Waals surface area contributed by atoms with Gasteiger partial charge in [-0.1, -0.05) is 26.8 Å². The minimum absolute atomic E-state index is 0.0224. The lowest BCUT2D eigenvalue weighted by molar-refractivity contribution is -0.197. The number of nitrogens with zero attached hydrogens (tertiary/aromatic N) is 1. The fraction of sp³-hybridized carbons (Fsp3) is 0.824. The highest BCUT2D eigenvalue weighted by Gasteiger charge is 2.50. The topological polar surface area (TPSA) is 48.0 Å². The van der Waals surface area contributed by atoms with E-state index >= 15 is 0 Å². The molecule has 2 aliphatic heterocycles. The second kappa shape index (κ2) is 6.30. The number of amides is 1. The van der Waals surface area contributed by atoms with Crippen molar-refractivity contribution in [1.29, 1.82) is 0 Å². The molecule has 0 N–H and O–H groups in total. The van der Waals surface area contributed by atoms with Crippen molar-refractivity contribution in [1.82, 2.24) is 4.90 Å². The number of ether oxygens (including phenoxy) is 3. The van der Waals surface area contributed by atoms with E-state index in [9.17, 15) is 4.79 Å². The van der Waals surface area contributed by atoms with E-state index in [1.807, 2.05) is 18.7 Å². The van der Waals surface area contributed by atoms with Gasteiger partial charge in [-0.2, -0.15) is 0 Å². The van der Waals surface area contributed by atoms with Crippen LogP contribution in [0.15, 0.2) is 12.7 Å². The van der Waals surface area contributed by atoms with Gasteiger partial charge in [0.05, 0.1) is 31.8 Å². The lowest BCUT2D eigenvalue weighted by atomic mass is 9.89. The molecule has 0 saturated carbocycles. The van der Waals surface area contributed by atoms with Crippen LogP contribution in [0.3, 0.4) is 0 Å². The molecule has 0 aromatic rings. The molecule has 1 amide bonds. The van der Waals surface area contributed by atoms with Crippen LogP contribution in [0.2, 0.25) is 0 Å². The van der Waals surface area contributed by atoms with E-state index < -0.39 is 11.7 Å². The second-order valence-electron chi connectivity index (χ2n) is 7.44. The molecular weight excluding hydrogens is 282 g/mol. The Morgan fingerprint density at radius 3 is 2.50 bits per heavy atom. The Balaban J connectivity index is 2.27. The third kappa shape index (κ3) is 3.21. The van der Waals surface area contributed by atoms with Crippen molar-refractivity contribution in [3.8, 4) is 0 Å². The highest BCUT2D eigenvalue weighted by atomic mass is 16.7. The summed E-state index contributed by atoms with van der Waals surface area (Å²) >= 11 is 0. The zero-order valence-corrected chi connectivity index (χ0v) is 14.4. The van der Waals surface area contributed by atoms with Crippen molar-refractivity contribution in [3.63, 3.8) is 0 Å². The molecule has 2 fully saturated rings. The SMILES string of the molecule is C=CCC(C(=O)N1C(C)COC1C(C)(C)C)C1(C)OCCO1. The van der Waals surface area contributed by atoms with Crippen molar-refractivity contribution >= 4 is 5.91 Å². The molecule has 22 heavy (non-hydrogen) atoms. The summed E-state index contributed by atoms with van der Waals surface area (Å²) in [5, 5.41) is 0. The predicted octanol–water partition coefficient (Wildman–Crippen LogP) is 2.56. The molecule has 2 rings (SSSR count). The summed E-state index contributed by atoms with van der Waals surface area (Å²) < 4.78 is 17.4. The van der Waals surface area contributed by atoms with E-state index in [0.29, 0.717) is 26.2 Å². The maximum absolute atomic E-state index is 13.2. The maximum atomic E-state index is 13.2. The number of hydrogen-bond donors (Lipinski definition) is 0. The van der Waals surface area contributed by atoms with Gasteiger partial charge in [0.15, 0.2) is 5.79 Å². The third-order valence-electron chi connectivity index (χ3n) is 4.41. The zero-order chi connectivity index (χ0) is 16.5. The van der Waals surface area contributed by atoms with Crippen LogP contribution in [0.5, 0.6) is 0 Å². The van der Waals surface area contributed by atoms with Crippen LogP contribution in [0, 0.1) is 11.3 Å². The average molecular weight is 311 g/mol. The molecule has 3 unspecified atom stereocenters. The number of carbonyl (C=O) groups is 1. The molecule has 3 atom stereocenters. The maximum Gasteiger partial charge on any atom is 0.233 e. The Morgan fingerprint density at radius 2 is 2.00 bits per heavy atom. The van der Waals surface area contributed by atoms with Crippen LogP contribution in [-0.2, 0) is 19.0 Å². The largest absolute Gasteiger partial charge is 0.356 e. The van der Waals surface area contributed by atoms with Crippen molar-refractivity contribution < 1.29 is 19.0 Å². The molecular formula is C17H29NO4. The normalized spacial score (nSPS) is 29.6. The first kappa shape index (κ1) is 17.4. The monoisotopic (exact) mass is 311 g/mol. The Bertz CT molecular complexity index is 423. The van der Waals surface area contributed by atoms with Gasteiger partial charge in [-0.3, -0.25) is 4.79 Å². The molecule has 0 radical (unpaired) electrons. The van der Waals surface area contributed by atoms with Crippen LogP contribution in [0.1, 0.15) is 41.0 Å². The lowest BCUT2D eigenvalue weighted by Gasteiger charge is -2.40.